The number of fused-ring (bicyclic) bond motifs is 1. The minimum Gasteiger partial charge on any atom is -0.458 e. The number of aryl methyl sites for hydroxylation is 4. The second-order valence-electron chi connectivity index (χ2n) is 12.5. The van der Waals surface area contributed by atoms with Gasteiger partial charge in [-0.15, -0.1) is 0 Å². The summed E-state index contributed by atoms with van der Waals surface area (Å²) in [4.78, 5) is 13.4. The van der Waals surface area contributed by atoms with Gasteiger partial charge in [0.05, 0.1) is 30.3 Å². The van der Waals surface area contributed by atoms with E-state index in [2.05, 4.69) is 75.4 Å². The summed E-state index contributed by atoms with van der Waals surface area (Å²) in [7, 11) is 0. The molecule has 2 aromatic heterocycles. The van der Waals surface area contributed by atoms with Gasteiger partial charge in [0.2, 0.25) is 5.91 Å². The molecule has 0 radical (unpaired) electrons. The highest BCUT2D eigenvalue weighted by Crippen LogP contribution is 2.36. The highest BCUT2D eigenvalue weighted by atomic mass is 16.5. The fourth-order valence-corrected chi connectivity index (χ4v) is 5.39. The van der Waals surface area contributed by atoms with E-state index in [0.717, 1.165) is 44.5 Å². The number of benzene rings is 3. The number of amides is 1. The van der Waals surface area contributed by atoms with Crippen molar-refractivity contribution in [3.8, 4) is 0 Å². The van der Waals surface area contributed by atoms with Crippen LogP contribution in [0.15, 0.2) is 81.7 Å². The maximum Gasteiger partial charge on any atom is 0.225 e. The molecule has 2 atom stereocenters. The Morgan fingerprint density at radius 1 is 0.952 bits per heavy atom. The molecule has 0 saturated carbocycles. The van der Waals surface area contributed by atoms with Gasteiger partial charge in [0.1, 0.15) is 23.2 Å². The number of ether oxygens (including phenoxy) is 1. The Bertz CT molecular complexity index is 1670. The lowest BCUT2D eigenvalue weighted by atomic mass is 9.93. The SMILES string of the molecule is Cc1ccc(C(NC(=O)Cc2ccc3oc(C(OCC(C)(C)C)c4c(C)noc4C)cc3c2)c2ccccc2)c(C)c1. The smallest absolute Gasteiger partial charge is 0.225 e. The molecule has 0 fully saturated rings. The molecule has 0 bridgehead atoms. The average Bonchev–Trinajstić information content (AvgIpc) is 3.50. The minimum absolute atomic E-state index is 0.0293. The molecule has 218 valence electrons. The van der Waals surface area contributed by atoms with E-state index in [4.69, 9.17) is 13.7 Å². The number of rotatable bonds is 9. The van der Waals surface area contributed by atoms with Crippen LogP contribution in [-0.2, 0) is 16.0 Å². The Kier molecular flexibility index (Phi) is 8.37. The van der Waals surface area contributed by atoms with E-state index < -0.39 is 6.10 Å². The molecule has 0 saturated heterocycles. The summed E-state index contributed by atoms with van der Waals surface area (Å²) in [5.41, 5.74) is 7.77. The van der Waals surface area contributed by atoms with Gasteiger partial charge in [0.25, 0.3) is 0 Å². The molecule has 42 heavy (non-hydrogen) atoms. The van der Waals surface area contributed by atoms with E-state index >= 15 is 0 Å². The Morgan fingerprint density at radius 2 is 1.71 bits per heavy atom. The van der Waals surface area contributed by atoms with Crippen LogP contribution in [0.5, 0.6) is 0 Å². The van der Waals surface area contributed by atoms with Crippen LogP contribution in [0.3, 0.4) is 0 Å². The van der Waals surface area contributed by atoms with Gasteiger partial charge in [-0.3, -0.25) is 4.79 Å². The van der Waals surface area contributed by atoms with Crippen LogP contribution in [0.1, 0.15) is 83.5 Å². The predicted molar refractivity (Wildman–Crippen MR) is 165 cm³/mol. The van der Waals surface area contributed by atoms with Gasteiger partial charge in [-0.2, -0.15) is 0 Å². The number of furan rings is 1. The van der Waals surface area contributed by atoms with Gasteiger partial charge >= 0.3 is 0 Å². The fraction of sp³-hybridized carbons (Fsp3) is 0.333. The first-order chi connectivity index (χ1) is 20.0. The minimum atomic E-state index is -0.445. The fourth-order valence-electron chi connectivity index (χ4n) is 5.39. The van der Waals surface area contributed by atoms with Crippen LogP contribution in [0.2, 0.25) is 0 Å². The van der Waals surface area contributed by atoms with Gasteiger partial charge in [0, 0.05) is 5.39 Å². The topological polar surface area (TPSA) is 77.5 Å². The summed E-state index contributed by atoms with van der Waals surface area (Å²) < 4.78 is 18.2. The van der Waals surface area contributed by atoms with E-state index in [9.17, 15) is 4.79 Å². The Balaban J connectivity index is 1.40. The zero-order valence-electron chi connectivity index (χ0n) is 25.6. The lowest BCUT2D eigenvalue weighted by molar-refractivity contribution is -0.120. The van der Waals surface area contributed by atoms with Crippen molar-refractivity contribution in [1.29, 1.82) is 0 Å². The van der Waals surface area contributed by atoms with E-state index in [1.807, 2.05) is 56.3 Å². The molecule has 3 aromatic carbocycles. The summed E-state index contributed by atoms with van der Waals surface area (Å²) in [5, 5.41) is 8.35. The molecular formula is C36H40N2O4. The first kappa shape index (κ1) is 29.3. The van der Waals surface area contributed by atoms with Crippen LogP contribution in [-0.4, -0.2) is 17.7 Å². The van der Waals surface area contributed by atoms with Gasteiger partial charge in [-0.1, -0.05) is 86.1 Å². The largest absolute Gasteiger partial charge is 0.458 e. The monoisotopic (exact) mass is 564 g/mol. The third-order valence-corrected chi connectivity index (χ3v) is 7.43. The summed E-state index contributed by atoms with van der Waals surface area (Å²) in [5.74, 6) is 1.35. The van der Waals surface area contributed by atoms with Crippen molar-refractivity contribution in [1.82, 2.24) is 10.5 Å². The summed E-state index contributed by atoms with van der Waals surface area (Å²) in [6.45, 7) is 14.9. The number of carbonyl (C=O) groups excluding carboxylic acids is 1. The second kappa shape index (κ2) is 12.0. The molecular weight excluding hydrogens is 524 g/mol. The van der Waals surface area contributed by atoms with Crippen LogP contribution in [0.4, 0.5) is 0 Å². The van der Waals surface area contributed by atoms with Crippen molar-refractivity contribution < 1.29 is 18.5 Å². The lowest BCUT2D eigenvalue weighted by Gasteiger charge is -2.23. The summed E-state index contributed by atoms with van der Waals surface area (Å²) >= 11 is 0. The normalized spacial score (nSPS) is 13.3. The standard InChI is InChI=1S/C36H40N2O4/c1-22-13-15-29(23(2)17-22)34(27-11-9-8-10-12-27)37-32(39)19-26-14-16-30-28(18-26)20-31(41-30)35(40-21-36(5,6)7)33-24(3)38-42-25(33)4/h8-18,20,34-35H,19,21H2,1-7H3,(H,37,39). The quantitative estimate of drug-likeness (QED) is 0.195. The molecule has 5 rings (SSSR count). The lowest BCUT2D eigenvalue weighted by Crippen LogP contribution is -2.31. The van der Waals surface area contributed by atoms with Crippen molar-refractivity contribution in [3.63, 3.8) is 0 Å². The van der Waals surface area contributed by atoms with Gasteiger partial charge in [0.15, 0.2) is 0 Å². The van der Waals surface area contributed by atoms with Crippen LogP contribution in [0, 0.1) is 33.1 Å². The molecule has 0 spiro atoms. The van der Waals surface area contributed by atoms with E-state index in [1.54, 1.807) is 0 Å². The number of hydrogen-bond acceptors (Lipinski definition) is 5. The van der Waals surface area contributed by atoms with Gasteiger partial charge < -0.3 is 19.0 Å². The average molecular weight is 565 g/mol. The number of carbonyl (C=O) groups is 1. The maximum atomic E-state index is 13.4. The zero-order valence-corrected chi connectivity index (χ0v) is 25.6. The molecule has 0 aliphatic carbocycles. The number of aromatic nitrogens is 1. The summed E-state index contributed by atoms with van der Waals surface area (Å²) in [6.07, 6.45) is -0.197. The number of hydrogen-bond donors (Lipinski definition) is 1. The zero-order chi connectivity index (χ0) is 30.0. The Labute approximate surface area is 248 Å². The molecule has 0 aliphatic rings. The van der Waals surface area contributed by atoms with Gasteiger partial charge in [-0.05, 0) is 73.6 Å². The van der Waals surface area contributed by atoms with Gasteiger partial charge in [-0.25, -0.2) is 0 Å². The molecule has 5 aromatic rings. The number of nitrogens with zero attached hydrogens (tertiary/aromatic N) is 1. The van der Waals surface area contributed by atoms with Crippen molar-refractivity contribution in [3.05, 3.63) is 123 Å². The first-order valence-electron chi connectivity index (χ1n) is 14.5. The highest BCUT2D eigenvalue weighted by molar-refractivity contribution is 5.83. The maximum absolute atomic E-state index is 13.4. The van der Waals surface area contributed by atoms with Crippen LogP contribution in [0.25, 0.3) is 11.0 Å². The molecule has 6 nitrogen and oxygen atoms in total. The van der Waals surface area contributed by atoms with Crippen molar-refractivity contribution in [2.75, 3.05) is 6.61 Å². The Morgan fingerprint density at radius 3 is 2.38 bits per heavy atom. The van der Waals surface area contributed by atoms with Crippen molar-refractivity contribution >= 4 is 16.9 Å². The highest BCUT2D eigenvalue weighted by Gasteiger charge is 2.28. The molecule has 6 heteroatoms. The molecule has 1 N–H and O–H groups in total. The third-order valence-electron chi connectivity index (χ3n) is 7.43. The Hall–Kier alpha value is -4.16. The van der Waals surface area contributed by atoms with Crippen LogP contribution >= 0.6 is 0 Å². The van der Waals surface area contributed by atoms with E-state index in [1.165, 1.54) is 5.56 Å². The van der Waals surface area contributed by atoms with Crippen molar-refractivity contribution in [2.45, 2.75) is 67.0 Å². The van der Waals surface area contributed by atoms with Crippen LogP contribution < -0.4 is 5.32 Å². The van der Waals surface area contributed by atoms with Crippen molar-refractivity contribution in [2.24, 2.45) is 5.41 Å². The van der Waals surface area contributed by atoms with E-state index in [0.29, 0.717) is 18.1 Å². The third kappa shape index (κ3) is 6.66. The molecule has 2 unspecified atom stereocenters. The summed E-state index contributed by atoms with van der Waals surface area (Å²) in [6, 6.07) is 24.1. The first-order valence-corrected chi connectivity index (χ1v) is 14.5. The van der Waals surface area contributed by atoms with E-state index in [-0.39, 0.29) is 23.8 Å². The second-order valence-corrected chi connectivity index (χ2v) is 12.5. The predicted octanol–water partition coefficient (Wildman–Crippen LogP) is 8.25. The molecule has 2 heterocycles. The molecule has 0 aliphatic heterocycles. The molecule has 1 amide bonds. The number of nitrogens with one attached hydrogen (secondary N) is 1.